The lowest BCUT2D eigenvalue weighted by Crippen LogP contribution is -2.04. The summed E-state index contributed by atoms with van der Waals surface area (Å²) >= 11 is 0. The molecule has 0 atom stereocenters. The standard InChI is InChI=1S/C11H15N3/c1-3-8-4-5-10-9(6-8)13-11(7-12)14(10)2/h4-6H,3,7,12H2,1-2H3. The highest BCUT2D eigenvalue weighted by atomic mass is 15.1. The molecule has 0 spiro atoms. The quantitative estimate of drug-likeness (QED) is 0.779. The first-order valence-electron chi connectivity index (χ1n) is 4.90. The third-order valence-electron chi connectivity index (χ3n) is 2.63. The van der Waals surface area contributed by atoms with Crippen LogP contribution < -0.4 is 5.73 Å². The van der Waals surface area contributed by atoms with Gasteiger partial charge >= 0.3 is 0 Å². The molecule has 2 N–H and O–H groups in total. The van der Waals surface area contributed by atoms with E-state index in [4.69, 9.17) is 5.73 Å². The number of imidazole rings is 1. The summed E-state index contributed by atoms with van der Waals surface area (Å²) in [6.07, 6.45) is 1.05. The Bertz CT molecular complexity index is 457. The number of nitrogens with two attached hydrogens (primary N) is 1. The minimum absolute atomic E-state index is 0.493. The van der Waals surface area contributed by atoms with Crippen LogP contribution in [0.5, 0.6) is 0 Å². The second-order valence-corrected chi connectivity index (χ2v) is 3.47. The lowest BCUT2D eigenvalue weighted by Gasteiger charge is -1.98. The molecule has 0 saturated heterocycles. The fourth-order valence-electron chi connectivity index (χ4n) is 1.70. The lowest BCUT2D eigenvalue weighted by molar-refractivity contribution is 0.813. The van der Waals surface area contributed by atoms with Gasteiger partial charge in [-0.2, -0.15) is 0 Å². The van der Waals surface area contributed by atoms with Gasteiger partial charge in [-0.1, -0.05) is 13.0 Å². The Morgan fingerprint density at radius 3 is 2.86 bits per heavy atom. The van der Waals surface area contributed by atoms with Gasteiger partial charge in [-0.05, 0) is 24.1 Å². The summed E-state index contributed by atoms with van der Waals surface area (Å²) in [5.41, 5.74) is 9.12. The summed E-state index contributed by atoms with van der Waals surface area (Å²) in [5.74, 6) is 0.938. The van der Waals surface area contributed by atoms with Crippen LogP contribution in [0.2, 0.25) is 0 Å². The van der Waals surface area contributed by atoms with Crippen LogP contribution in [-0.2, 0) is 20.0 Å². The summed E-state index contributed by atoms with van der Waals surface area (Å²) in [6, 6.07) is 6.39. The molecule has 0 saturated carbocycles. The molecular formula is C11H15N3. The molecule has 0 radical (unpaired) electrons. The van der Waals surface area contributed by atoms with Crippen LogP contribution in [0, 0.1) is 0 Å². The summed E-state index contributed by atoms with van der Waals surface area (Å²) < 4.78 is 2.05. The number of nitrogens with zero attached hydrogens (tertiary/aromatic N) is 2. The minimum atomic E-state index is 0.493. The Kier molecular flexibility index (Phi) is 2.25. The molecular weight excluding hydrogens is 174 g/mol. The first-order chi connectivity index (χ1) is 6.76. The maximum atomic E-state index is 5.60. The average Bonchev–Trinajstić information content (AvgIpc) is 2.55. The highest BCUT2D eigenvalue weighted by Gasteiger charge is 2.05. The van der Waals surface area contributed by atoms with Crippen molar-refractivity contribution in [3.63, 3.8) is 0 Å². The van der Waals surface area contributed by atoms with Gasteiger partial charge in [0.15, 0.2) is 0 Å². The Morgan fingerprint density at radius 1 is 1.43 bits per heavy atom. The van der Waals surface area contributed by atoms with E-state index in [1.165, 1.54) is 5.56 Å². The van der Waals surface area contributed by atoms with E-state index in [2.05, 4.69) is 34.7 Å². The van der Waals surface area contributed by atoms with E-state index < -0.39 is 0 Å². The Balaban J connectivity index is 2.66. The molecule has 0 bridgehead atoms. The van der Waals surface area contributed by atoms with Crippen LogP contribution in [0.25, 0.3) is 11.0 Å². The Hall–Kier alpha value is -1.35. The number of hydrogen-bond acceptors (Lipinski definition) is 2. The Morgan fingerprint density at radius 2 is 2.21 bits per heavy atom. The Labute approximate surface area is 83.6 Å². The third kappa shape index (κ3) is 1.30. The van der Waals surface area contributed by atoms with Gasteiger partial charge in [-0.15, -0.1) is 0 Å². The zero-order valence-corrected chi connectivity index (χ0v) is 8.62. The molecule has 0 aliphatic heterocycles. The van der Waals surface area contributed by atoms with E-state index >= 15 is 0 Å². The second kappa shape index (κ2) is 3.42. The predicted molar refractivity (Wildman–Crippen MR) is 58.0 cm³/mol. The summed E-state index contributed by atoms with van der Waals surface area (Å²) in [6.45, 7) is 2.64. The van der Waals surface area contributed by atoms with E-state index in [0.29, 0.717) is 6.54 Å². The number of hydrogen-bond donors (Lipinski definition) is 1. The van der Waals surface area contributed by atoms with Gasteiger partial charge in [0.25, 0.3) is 0 Å². The van der Waals surface area contributed by atoms with E-state index in [1.807, 2.05) is 7.05 Å². The molecule has 74 valence electrons. The topological polar surface area (TPSA) is 43.8 Å². The van der Waals surface area contributed by atoms with Crippen LogP contribution in [0.4, 0.5) is 0 Å². The maximum Gasteiger partial charge on any atom is 0.123 e. The third-order valence-corrected chi connectivity index (χ3v) is 2.63. The monoisotopic (exact) mass is 189 g/mol. The van der Waals surface area contributed by atoms with E-state index in [-0.39, 0.29) is 0 Å². The molecule has 1 aromatic carbocycles. The fraction of sp³-hybridized carbons (Fsp3) is 0.364. The van der Waals surface area contributed by atoms with Crippen molar-refractivity contribution in [2.45, 2.75) is 19.9 Å². The first kappa shape index (κ1) is 9.21. The molecule has 1 aromatic heterocycles. The molecule has 0 amide bonds. The molecule has 3 nitrogen and oxygen atoms in total. The number of aryl methyl sites for hydroxylation is 2. The van der Waals surface area contributed by atoms with Crippen molar-refractivity contribution in [2.24, 2.45) is 12.8 Å². The van der Waals surface area contributed by atoms with Crippen molar-refractivity contribution in [1.82, 2.24) is 9.55 Å². The van der Waals surface area contributed by atoms with Crippen LogP contribution in [-0.4, -0.2) is 9.55 Å². The molecule has 2 rings (SSSR count). The van der Waals surface area contributed by atoms with Crippen LogP contribution >= 0.6 is 0 Å². The van der Waals surface area contributed by atoms with E-state index in [9.17, 15) is 0 Å². The van der Waals surface area contributed by atoms with Gasteiger partial charge in [0, 0.05) is 7.05 Å². The van der Waals surface area contributed by atoms with Gasteiger partial charge in [-0.3, -0.25) is 0 Å². The maximum absolute atomic E-state index is 5.60. The molecule has 0 aliphatic rings. The molecule has 0 aliphatic carbocycles. The summed E-state index contributed by atoms with van der Waals surface area (Å²) in [7, 11) is 2.00. The van der Waals surface area contributed by atoms with Crippen molar-refractivity contribution in [3.8, 4) is 0 Å². The van der Waals surface area contributed by atoms with Crippen LogP contribution in [0.15, 0.2) is 18.2 Å². The predicted octanol–water partition coefficient (Wildman–Crippen LogP) is 1.59. The lowest BCUT2D eigenvalue weighted by atomic mass is 10.1. The normalized spacial score (nSPS) is 11.1. The molecule has 14 heavy (non-hydrogen) atoms. The van der Waals surface area contributed by atoms with Gasteiger partial charge in [0.2, 0.25) is 0 Å². The number of aromatic nitrogens is 2. The second-order valence-electron chi connectivity index (χ2n) is 3.47. The highest BCUT2D eigenvalue weighted by molar-refractivity contribution is 5.76. The van der Waals surface area contributed by atoms with Crippen molar-refractivity contribution >= 4 is 11.0 Å². The van der Waals surface area contributed by atoms with Crippen LogP contribution in [0.1, 0.15) is 18.3 Å². The largest absolute Gasteiger partial charge is 0.330 e. The van der Waals surface area contributed by atoms with Crippen LogP contribution in [0.3, 0.4) is 0 Å². The SMILES string of the molecule is CCc1ccc2c(c1)nc(CN)n2C. The number of rotatable bonds is 2. The van der Waals surface area contributed by atoms with E-state index in [1.54, 1.807) is 0 Å². The van der Waals surface area contributed by atoms with Crippen molar-refractivity contribution in [2.75, 3.05) is 0 Å². The minimum Gasteiger partial charge on any atom is -0.330 e. The fourth-order valence-corrected chi connectivity index (χ4v) is 1.70. The van der Waals surface area contributed by atoms with Gasteiger partial charge in [0.1, 0.15) is 5.82 Å². The molecule has 2 aromatic rings. The van der Waals surface area contributed by atoms with E-state index in [0.717, 1.165) is 23.3 Å². The van der Waals surface area contributed by atoms with Crippen molar-refractivity contribution in [1.29, 1.82) is 0 Å². The number of benzene rings is 1. The smallest absolute Gasteiger partial charge is 0.123 e. The first-order valence-corrected chi connectivity index (χ1v) is 4.90. The zero-order valence-electron chi connectivity index (χ0n) is 8.62. The van der Waals surface area contributed by atoms with Crippen molar-refractivity contribution in [3.05, 3.63) is 29.6 Å². The molecule has 0 unspecified atom stereocenters. The summed E-state index contributed by atoms with van der Waals surface area (Å²) in [4.78, 5) is 4.48. The van der Waals surface area contributed by atoms with Gasteiger partial charge < -0.3 is 10.3 Å². The molecule has 1 heterocycles. The highest BCUT2D eigenvalue weighted by Crippen LogP contribution is 2.16. The zero-order chi connectivity index (χ0) is 10.1. The summed E-state index contributed by atoms with van der Waals surface area (Å²) in [5, 5.41) is 0. The molecule has 0 fully saturated rings. The van der Waals surface area contributed by atoms with Crippen molar-refractivity contribution < 1.29 is 0 Å². The number of fused-ring (bicyclic) bond motifs is 1. The molecule has 3 heteroatoms. The average molecular weight is 189 g/mol. The van der Waals surface area contributed by atoms with Gasteiger partial charge in [-0.25, -0.2) is 4.98 Å². The van der Waals surface area contributed by atoms with Gasteiger partial charge in [0.05, 0.1) is 17.6 Å².